The first-order valence-electron chi connectivity index (χ1n) is 14.0. The Balaban J connectivity index is 1.52. The van der Waals surface area contributed by atoms with Gasteiger partial charge in [-0.3, -0.25) is 4.79 Å². The molecule has 2 aromatic rings. The monoisotopic (exact) mass is 576 g/mol. The summed E-state index contributed by atoms with van der Waals surface area (Å²) in [6, 6.07) is 12.7. The molecular formula is C32H40N4O6. The van der Waals surface area contributed by atoms with Crippen LogP contribution in [0.4, 0.5) is 10.5 Å². The van der Waals surface area contributed by atoms with Crippen molar-refractivity contribution in [1.82, 2.24) is 4.90 Å². The van der Waals surface area contributed by atoms with Gasteiger partial charge < -0.3 is 30.2 Å². The third-order valence-corrected chi connectivity index (χ3v) is 6.33. The molecule has 10 nitrogen and oxygen atoms in total. The van der Waals surface area contributed by atoms with Gasteiger partial charge in [-0.1, -0.05) is 11.8 Å². The summed E-state index contributed by atoms with van der Waals surface area (Å²) in [4.78, 5) is 42.3. The quantitative estimate of drug-likeness (QED) is 0.196. The van der Waals surface area contributed by atoms with Gasteiger partial charge in [0.05, 0.1) is 25.8 Å². The Labute approximate surface area is 247 Å². The molecule has 0 radical (unpaired) electrons. The number of hydrogen-bond acceptors (Lipinski definition) is 7. The number of benzene rings is 2. The Bertz CT molecular complexity index is 1350. The van der Waals surface area contributed by atoms with Gasteiger partial charge in [-0.05, 0) is 95.5 Å². The number of carbonyl (C=O) groups excluding carboxylic acids is 3. The minimum Gasteiger partial charge on any atom is -0.464 e. The Morgan fingerprint density at radius 3 is 2.55 bits per heavy atom. The number of carbonyl (C=O) groups is 3. The van der Waals surface area contributed by atoms with Crippen molar-refractivity contribution in [3.63, 3.8) is 0 Å². The zero-order valence-electron chi connectivity index (χ0n) is 25.0. The summed E-state index contributed by atoms with van der Waals surface area (Å²) in [5.74, 6) is 5.85. The summed E-state index contributed by atoms with van der Waals surface area (Å²) in [5.41, 5.74) is 9.01. The topological polar surface area (TPSA) is 133 Å². The molecule has 1 aliphatic heterocycles. The molecule has 2 aromatic carbocycles. The van der Waals surface area contributed by atoms with E-state index in [1.807, 2.05) is 42.2 Å². The third kappa shape index (κ3) is 9.93. The first-order valence-corrected chi connectivity index (χ1v) is 14.0. The first-order chi connectivity index (χ1) is 20.0. The summed E-state index contributed by atoms with van der Waals surface area (Å²) in [6.07, 6.45) is 0.993. The molecule has 1 heterocycles. The van der Waals surface area contributed by atoms with Gasteiger partial charge in [-0.2, -0.15) is 4.99 Å². The van der Waals surface area contributed by atoms with E-state index in [0.717, 1.165) is 29.7 Å². The fourth-order valence-corrected chi connectivity index (χ4v) is 4.39. The Morgan fingerprint density at radius 2 is 1.88 bits per heavy atom. The Hall–Kier alpha value is -4.36. The second kappa shape index (κ2) is 15.0. The van der Waals surface area contributed by atoms with Crippen LogP contribution in [0.2, 0.25) is 0 Å². The summed E-state index contributed by atoms with van der Waals surface area (Å²) in [6.45, 7) is 10.5. The molecule has 0 aromatic heterocycles. The number of esters is 1. The molecule has 10 heteroatoms. The third-order valence-electron chi connectivity index (χ3n) is 6.33. The molecule has 1 unspecified atom stereocenters. The lowest BCUT2D eigenvalue weighted by atomic mass is 10.0. The van der Waals surface area contributed by atoms with Crippen molar-refractivity contribution in [2.45, 2.75) is 59.1 Å². The van der Waals surface area contributed by atoms with Crippen LogP contribution in [0.25, 0.3) is 0 Å². The SMILES string of the molecule is CCOC(=O)COCC1CCCN1C(=O)c1ccc(C#CCNc2ccc(/C(N)=N\C(=O)OC(C)(C)C)cc2)cc1C. The van der Waals surface area contributed by atoms with Gasteiger partial charge in [0.2, 0.25) is 0 Å². The van der Waals surface area contributed by atoms with Gasteiger partial charge in [0, 0.05) is 28.9 Å². The minimum absolute atomic E-state index is 0.0452. The number of rotatable bonds is 9. The van der Waals surface area contributed by atoms with E-state index in [1.165, 1.54) is 0 Å². The summed E-state index contributed by atoms with van der Waals surface area (Å²) in [7, 11) is 0. The number of aryl methyl sites for hydroxylation is 1. The molecule has 0 bridgehead atoms. The van der Waals surface area contributed by atoms with Crippen molar-refractivity contribution in [2.75, 3.05) is 38.2 Å². The van der Waals surface area contributed by atoms with E-state index in [4.69, 9.17) is 19.9 Å². The number of anilines is 1. The van der Waals surface area contributed by atoms with E-state index in [-0.39, 0.29) is 24.4 Å². The second-order valence-electron chi connectivity index (χ2n) is 10.9. The van der Waals surface area contributed by atoms with Gasteiger partial charge in [0.25, 0.3) is 5.91 Å². The Kier molecular flexibility index (Phi) is 11.5. The number of aliphatic imine (C=N–C) groups is 1. The highest BCUT2D eigenvalue weighted by Gasteiger charge is 2.30. The van der Waals surface area contributed by atoms with Crippen LogP contribution in [0.15, 0.2) is 47.5 Å². The zero-order valence-corrected chi connectivity index (χ0v) is 25.0. The van der Waals surface area contributed by atoms with E-state index in [2.05, 4.69) is 22.2 Å². The molecule has 224 valence electrons. The predicted octanol–water partition coefficient (Wildman–Crippen LogP) is 4.28. The lowest BCUT2D eigenvalue weighted by Gasteiger charge is -2.25. The molecule has 1 atom stereocenters. The van der Waals surface area contributed by atoms with E-state index in [1.54, 1.807) is 39.8 Å². The van der Waals surface area contributed by atoms with Crippen molar-refractivity contribution in [3.8, 4) is 11.8 Å². The molecular weight excluding hydrogens is 536 g/mol. The molecule has 0 spiro atoms. The summed E-state index contributed by atoms with van der Waals surface area (Å²) >= 11 is 0. The smallest absolute Gasteiger partial charge is 0.436 e. The van der Waals surface area contributed by atoms with Gasteiger partial charge in [-0.25, -0.2) is 9.59 Å². The van der Waals surface area contributed by atoms with Gasteiger partial charge >= 0.3 is 12.1 Å². The molecule has 1 saturated heterocycles. The normalized spacial score (nSPS) is 15.0. The highest BCUT2D eigenvalue weighted by atomic mass is 16.6. The number of likely N-dealkylation sites (tertiary alicyclic amines) is 1. The number of hydrogen-bond donors (Lipinski definition) is 2. The molecule has 1 fully saturated rings. The lowest BCUT2D eigenvalue weighted by molar-refractivity contribution is -0.148. The second-order valence-corrected chi connectivity index (χ2v) is 10.9. The number of ether oxygens (including phenoxy) is 3. The van der Waals surface area contributed by atoms with Gasteiger partial charge in [0.15, 0.2) is 0 Å². The van der Waals surface area contributed by atoms with Crippen molar-refractivity contribution in [3.05, 3.63) is 64.7 Å². The van der Waals surface area contributed by atoms with Crippen molar-refractivity contribution in [2.24, 2.45) is 10.7 Å². The van der Waals surface area contributed by atoms with Crippen molar-refractivity contribution in [1.29, 1.82) is 0 Å². The largest absolute Gasteiger partial charge is 0.464 e. The van der Waals surface area contributed by atoms with Crippen LogP contribution < -0.4 is 11.1 Å². The maximum absolute atomic E-state index is 13.3. The molecule has 3 rings (SSSR count). The number of nitrogens with two attached hydrogens (primary N) is 1. The van der Waals surface area contributed by atoms with Crippen LogP contribution in [0.3, 0.4) is 0 Å². The molecule has 3 N–H and O–H groups in total. The van der Waals surface area contributed by atoms with E-state index in [0.29, 0.717) is 37.4 Å². The molecule has 0 aliphatic carbocycles. The first kappa shape index (κ1) is 32.2. The number of amidine groups is 1. The van der Waals surface area contributed by atoms with Crippen LogP contribution >= 0.6 is 0 Å². The molecule has 42 heavy (non-hydrogen) atoms. The number of amides is 2. The lowest BCUT2D eigenvalue weighted by Crippen LogP contribution is -2.39. The van der Waals surface area contributed by atoms with E-state index < -0.39 is 17.7 Å². The average molecular weight is 577 g/mol. The van der Waals surface area contributed by atoms with Gasteiger partial charge in [0.1, 0.15) is 18.0 Å². The fourth-order valence-electron chi connectivity index (χ4n) is 4.39. The standard InChI is InChI=1S/C32H40N4O6/c1-6-41-28(37)21-40-20-26-10-8-18-36(26)30(38)27-16-11-23(19-22(27)2)9-7-17-34-25-14-12-24(13-15-25)29(33)35-31(39)42-32(3,4)5/h11-16,19,26,34H,6,8,10,17-18,20-21H2,1-5H3,(H2,33,35,39). The van der Waals surface area contributed by atoms with Crippen molar-refractivity contribution < 1.29 is 28.6 Å². The zero-order chi connectivity index (χ0) is 30.7. The summed E-state index contributed by atoms with van der Waals surface area (Å²) < 4.78 is 15.6. The van der Waals surface area contributed by atoms with Crippen LogP contribution in [-0.2, 0) is 19.0 Å². The van der Waals surface area contributed by atoms with Gasteiger partial charge in [-0.15, -0.1) is 0 Å². The fraction of sp³-hybridized carbons (Fsp3) is 0.438. The molecule has 2 amide bonds. The highest BCUT2D eigenvalue weighted by Crippen LogP contribution is 2.22. The maximum Gasteiger partial charge on any atom is 0.436 e. The van der Waals surface area contributed by atoms with Crippen LogP contribution in [-0.4, -0.2) is 73.3 Å². The molecule has 0 saturated carbocycles. The predicted molar refractivity (Wildman–Crippen MR) is 161 cm³/mol. The van der Waals surface area contributed by atoms with Crippen molar-refractivity contribution >= 4 is 29.5 Å². The Morgan fingerprint density at radius 1 is 1.14 bits per heavy atom. The minimum atomic E-state index is -0.734. The van der Waals surface area contributed by atoms with Crippen LogP contribution in [0.1, 0.15) is 67.6 Å². The average Bonchev–Trinajstić information content (AvgIpc) is 3.39. The summed E-state index contributed by atoms with van der Waals surface area (Å²) in [5, 5.41) is 3.22. The number of nitrogens with zero attached hydrogens (tertiary/aromatic N) is 2. The highest BCUT2D eigenvalue weighted by molar-refractivity contribution is 6.03. The van der Waals surface area contributed by atoms with E-state index >= 15 is 0 Å². The maximum atomic E-state index is 13.3. The van der Waals surface area contributed by atoms with E-state index in [9.17, 15) is 14.4 Å². The molecule has 1 aliphatic rings. The number of nitrogens with one attached hydrogen (secondary N) is 1. The van der Waals surface area contributed by atoms with Crippen LogP contribution in [0.5, 0.6) is 0 Å². The van der Waals surface area contributed by atoms with Crippen LogP contribution in [0, 0.1) is 18.8 Å².